The van der Waals surface area contributed by atoms with Gasteiger partial charge in [0, 0.05) is 10.9 Å². The Morgan fingerprint density at radius 3 is 3.09 bits per heavy atom. The van der Waals surface area contributed by atoms with Gasteiger partial charge in [-0.3, -0.25) is 4.90 Å². The van der Waals surface area contributed by atoms with Gasteiger partial charge in [-0.25, -0.2) is 0 Å². The van der Waals surface area contributed by atoms with Crippen molar-refractivity contribution in [2.75, 3.05) is 13.6 Å². The summed E-state index contributed by atoms with van der Waals surface area (Å²) in [5.74, 6) is 0. The summed E-state index contributed by atoms with van der Waals surface area (Å²) >= 11 is 1.88. The molecule has 1 unspecified atom stereocenters. The molecule has 1 nitrogen and oxygen atoms in total. The number of rotatable bonds is 1. The Kier molecular flexibility index (Phi) is 1.96. The number of likely N-dealkylation sites (tertiary alicyclic amines) is 1. The largest absolute Gasteiger partial charge is 0.299 e. The van der Waals surface area contributed by atoms with Crippen molar-refractivity contribution in [3.8, 4) is 0 Å². The van der Waals surface area contributed by atoms with Crippen molar-refractivity contribution in [3.05, 3.63) is 22.4 Å². The molecule has 1 saturated heterocycles. The number of hydrogen-bond donors (Lipinski definition) is 0. The summed E-state index contributed by atoms with van der Waals surface area (Å²) in [6.07, 6.45) is 2.70. The fourth-order valence-corrected chi connectivity index (χ4v) is 2.68. The van der Waals surface area contributed by atoms with Crippen LogP contribution in [-0.4, -0.2) is 18.5 Å². The molecule has 0 saturated carbocycles. The van der Waals surface area contributed by atoms with Crippen LogP contribution in [-0.2, 0) is 0 Å². The third-order valence-electron chi connectivity index (χ3n) is 2.39. The lowest BCUT2D eigenvalue weighted by Gasteiger charge is -2.17. The van der Waals surface area contributed by atoms with E-state index >= 15 is 0 Å². The minimum atomic E-state index is 0.718. The number of nitrogens with zero attached hydrogens (tertiary/aromatic N) is 1. The van der Waals surface area contributed by atoms with E-state index in [1.54, 1.807) is 0 Å². The number of hydrogen-bond acceptors (Lipinski definition) is 2. The van der Waals surface area contributed by atoms with Gasteiger partial charge in [0.1, 0.15) is 0 Å². The SMILES string of the molecule is CN1CCCC1c1cccs1. The molecule has 0 aromatic carbocycles. The fourth-order valence-electron chi connectivity index (χ4n) is 1.75. The highest BCUT2D eigenvalue weighted by Crippen LogP contribution is 2.32. The van der Waals surface area contributed by atoms with Crippen molar-refractivity contribution >= 4 is 11.3 Å². The molecule has 1 atom stereocenters. The van der Waals surface area contributed by atoms with Gasteiger partial charge in [-0.05, 0) is 37.9 Å². The zero-order chi connectivity index (χ0) is 7.68. The monoisotopic (exact) mass is 167 g/mol. The van der Waals surface area contributed by atoms with E-state index in [9.17, 15) is 0 Å². The van der Waals surface area contributed by atoms with Gasteiger partial charge in [-0.15, -0.1) is 11.3 Å². The molecule has 11 heavy (non-hydrogen) atoms. The topological polar surface area (TPSA) is 3.24 Å². The molecule has 0 amide bonds. The average molecular weight is 167 g/mol. The summed E-state index contributed by atoms with van der Waals surface area (Å²) in [7, 11) is 2.22. The lowest BCUT2D eigenvalue weighted by Crippen LogP contribution is -2.16. The van der Waals surface area contributed by atoms with Crippen LogP contribution in [0.3, 0.4) is 0 Å². The zero-order valence-corrected chi connectivity index (χ0v) is 7.60. The lowest BCUT2D eigenvalue weighted by atomic mass is 10.2. The first-order valence-electron chi connectivity index (χ1n) is 4.11. The molecule has 0 aliphatic carbocycles. The summed E-state index contributed by atoms with van der Waals surface area (Å²) in [6.45, 7) is 1.27. The molecule has 2 heterocycles. The maximum absolute atomic E-state index is 2.45. The molecule has 1 aromatic rings. The first-order valence-corrected chi connectivity index (χ1v) is 4.99. The van der Waals surface area contributed by atoms with E-state index in [4.69, 9.17) is 0 Å². The Bertz CT molecular complexity index is 217. The molecule has 2 rings (SSSR count). The zero-order valence-electron chi connectivity index (χ0n) is 6.79. The van der Waals surface area contributed by atoms with Crippen LogP contribution >= 0.6 is 11.3 Å². The highest BCUT2D eigenvalue weighted by molar-refractivity contribution is 7.10. The Hall–Kier alpha value is -0.340. The second kappa shape index (κ2) is 2.95. The van der Waals surface area contributed by atoms with E-state index in [1.165, 1.54) is 24.3 Å². The second-order valence-electron chi connectivity index (χ2n) is 3.15. The van der Waals surface area contributed by atoms with Crippen LogP contribution in [0.4, 0.5) is 0 Å². The summed E-state index contributed by atoms with van der Waals surface area (Å²) in [4.78, 5) is 3.98. The summed E-state index contributed by atoms with van der Waals surface area (Å²) in [5.41, 5.74) is 0. The molecule has 1 aliphatic heterocycles. The van der Waals surface area contributed by atoms with Gasteiger partial charge >= 0.3 is 0 Å². The van der Waals surface area contributed by atoms with Gasteiger partial charge in [-0.1, -0.05) is 6.07 Å². The fraction of sp³-hybridized carbons (Fsp3) is 0.556. The van der Waals surface area contributed by atoms with Crippen molar-refractivity contribution in [1.82, 2.24) is 4.90 Å². The molecular weight excluding hydrogens is 154 g/mol. The minimum Gasteiger partial charge on any atom is -0.299 e. The normalized spacial score (nSPS) is 26.1. The van der Waals surface area contributed by atoms with E-state index < -0.39 is 0 Å². The van der Waals surface area contributed by atoms with E-state index in [0.717, 1.165) is 6.04 Å². The number of thiophene rings is 1. The first kappa shape index (κ1) is 7.32. The molecule has 0 N–H and O–H groups in total. The molecule has 0 radical (unpaired) electrons. The molecule has 1 aromatic heterocycles. The summed E-state index contributed by atoms with van der Waals surface area (Å²) in [5, 5.41) is 2.17. The highest BCUT2D eigenvalue weighted by atomic mass is 32.1. The van der Waals surface area contributed by atoms with Crippen molar-refractivity contribution in [2.24, 2.45) is 0 Å². The van der Waals surface area contributed by atoms with Crippen LogP contribution in [0.15, 0.2) is 17.5 Å². The van der Waals surface area contributed by atoms with Gasteiger partial charge in [0.05, 0.1) is 0 Å². The van der Waals surface area contributed by atoms with Gasteiger partial charge < -0.3 is 0 Å². The minimum absolute atomic E-state index is 0.718. The standard InChI is InChI=1S/C9H13NS/c1-10-6-2-4-8(10)9-5-3-7-11-9/h3,5,7-8H,2,4,6H2,1H3. The molecule has 1 fully saturated rings. The molecule has 0 spiro atoms. The Labute approximate surface area is 71.7 Å². The van der Waals surface area contributed by atoms with E-state index in [0.29, 0.717) is 0 Å². The maximum Gasteiger partial charge on any atom is 0.0438 e. The summed E-state index contributed by atoms with van der Waals surface area (Å²) < 4.78 is 0. The summed E-state index contributed by atoms with van der Waals surface area (Å²) in [6, 6.07) is 5.11. The maximum atomic E-state index is 2.45. The third kappa shape index (κ3) is 1.33. The van der Waals surface area contributed by atoms with Crippen molar-refractivity contribution in [2.45, 2.75) is 18.9 Å². The highest BCUT2D eigenvalue weighted by Gasteiger charge is 2.22. The average Bonchev–Trinajstić information content (AvgIpc) is 2.55. The Balaban J connectivity index is 2.16. The smallest absolute Gasteiger partial charge is 0.0438 e. The Morgan fingerprint density at radius 1 is 1.64 bits per heavy atom. The molecule has 0 bridgehead atoms. The predicted molar refractivity (Wildman–Crippen MR) is 48.9 cm³/mol. The van der Waals surface area contributed by atoms with Gasteiger partial charge in [-0.2, -0.15) is 0 Å². The first-order chi connectivity index (χ1) is 5.38. The van der Waals surface area contributed by atoms with Crippen LogP contribution in [0.1, 0.15) is 23.8 Å². The van der Waals surface area contributed by atoms with E-state index in [2.05, 4.69) is 29.5 Å². The van der Waals surface area contributed by atoms with Crippen LogP contribution in [0.5, 0.6) is 0 Å². The lowest BCUT2D eigenvalue weighted by molar-refractivity contribution is 0.321. The van der Waals surface area contributed by atoms with Crippen molar-refractivity contribution in [3.63, 3.8) is 0 Å². The van der Waals surface area contributed by atoms with Crippen LogP contribution in [0.2, 0.25) is 0 Å². The van der Waals surface area contributed by atoms with Crippen molar-refractivity contribution < 1.29 is 0 Å². The third-order valence-corrected chi connectivity index (χ3v) is 3.37. The predicted octanol–water partition coefficient (Wildman–Crippen LogP) is 2.51. The Morgan fingerprint density at radius 2 is 2.55 bits per heavy atom. The van der Waals surface area contributed by atoms with Gasteiger partial charge in [0.15, 0.2) is 0 Å². The molecule has 60 valence electrons. The van der Waals surface area contributed by atoms with Gasteiger partial charge in [0.2, 0.25) is 0 Å². The van der Waals surface area contributed by atoms with Gasteiger partial charge in [0.25, 0.3) is 0 Å². The van der Waals surface area contributed by atoms with Crippen LogP contribution in [0, 0.1) is 0 Å². The molecule has 1 aliphatic rings. The van der Waals surface area contributed by atoms with Crippen LogP contribution < -0.4 is 0 Å². The molecule has 2 heteroatoms. The second-order valence-corrected chi connectivity index (χ2v) is 4.13. The van der Waals surface area contributed by atoms with Crippen molar-refractivity contribution in [1.29, 1.82) is 0 Å². The van der Waals surface area contributed by atoms with E-state index in [-0.39, 0.29) is 0 Å². The van der Waals surface area contributed by atoms with E-state index in [1.807, 2.05) is 11.3 Å². The molecular formula is C9H13NS. The quantitative estimate of drug-likeness (QED) is 0.621. The van der Waals surface area contributed by atoms with Crippen LogP contribution in [0.25, 0.3) is 0 Å².